The van der Waals surface area contributed by atoms with Gasteiger partial charge in [0.25, 0.3) is 0 Å². The second-order valence-electron chi connectivity index (χ2n) is 3.78. The Kier molecular flexibility index (Phi) is 4.57. The standard InChI is InChI=1S/C13H17NO3/c1-9-7-10(2)13(11(8-9)17-3)14-6-4-5-12(15)16/h4-5,7-8,14H,6H2,1-3H3,(H,15,16)/b5-4+. The second-order valence-corrected chi connectivity index (χ2v) is 3.78. The van der Waals surface area contributed by atoms with Crippen LogP contribution in [0.2, 0.25) is 0 Å². The van der Waals surface area contributed by atoms with Crippen LogP contribution in [0, 0.1) is 13.8 Å². The number of carbonyl (C=O) groups is 1. The first-order chi connectivity index (χ1) is 8.04. The molecule has 0 saturated carbocycles. The second kappa shape index (κ2) is 5.94. The van der Waals surface area contributed by atoms with Crippen molar-refractivity contribution in [2.75, 3.05) is 19.0 Å². The highest BCUT2D eigenvalue weighted by atomic mass is 16.5. The molecule has 0 bridgehead atoms. The number of carboxylic acid groups (broad SMARTS) is 1. The molecule has 0 aliphatic carbocycles. The van der Waals surface area contributed by atoms with E-state index >= 15 is 0 Å². The average molecular weight is 235 g/mol. The SMILES string of the molecule is COc1cc(C)cc(C)c1NC/C=C/C(=O)O. The molecule has 17 heavy (non-hydrogen) atoms. The van der Waals surface area contributed by atoms with Crippen LogP contribution in [-0.4, -0.2) is 24.7 Å². The highest BCUT2D eigenvalue weighted by Gasteiger charge is 2.06. The Morgan fingerprint density at radius 2 is 2.18 bits per heavy atom. The van der Waals surface area contributed by atoms with E-state index in [1.54, 1.807) is 13.2 Å². The van der Waals surface area contributed by atoms with Gasteiger partial charge in [-0.2, -0.15) is 0 Å². The van der Waals surface area contributed by atoms with Crippen LogP contribution in [-0.2, 0) is 4.79 Å². The van der Waals surface area contributed by atoms with Crippen molar-refractivity contribution in [2.24, 2.45) is 0 Å². The molecule has 0 fully saturated rings. The van der Waals surface area contributed by atoms with Crippen molar-refractivity contribution in [1.29, 1.82) is 0 Å². The number of hydrogen-bond donors (Lipinski definition) is 2. The zero-order valence-corrected chi connectivity index (χ0v) is 10.3. The van der Waals surface area contributed by atoms with E-state index in [0.717, 1.165) is 28.6 Å². The molecule has 1 rings (SSSR count). The summed E-state index contributed by atoms with van der Waals surface area (Å²) in [6, 6.07) is 3.99. The summed E-state index contributed by atoms with van der Waals surface area (Å²) >= 11 is 0. The Hall–Kier alpha value is -1.97. The van der Waals surface area contributed by atoms with Gasteiger partial charge in [-0.15, -0.1) is 0 Å². The van der Waals surface area contributed by atoms with Gasteiger partial charge >= 0.3 is 5.97 Å². The van der Waals surface area contributed by atoms with E-state index in [1.807, 2.05) is 26.0 Å². The number of aryl methyl sites for hydroxylation is 2. The lowest BCUT2D eigenvalue weighted by molar-refractivity contribution is -0.131. The Balaban J connectivity index is 2.79. The summed E-state index contributed by atoms with van der Waals surface area (Å²) in [6.07, 6.45) is 2.67. The lowest BCUT2D eigenvalue weighted by Crippen LogP contribution is -2.03. The van der Waals surface area contributed by atoms with E-state index < -0.39 is 5.97 Å². The first-order valence-electron chi connectivity index (χ1n) is 5.33. The number of rotatable bonds is 5. The predicted octanol–water partition coefficient (Wildman–Crippen LogP) is 2.36. The number of aliphatic carboxylic acids is 1. The number of methoxy groups -OCH3 is 1. The normalized spacial score (nSPS) is 10.5. The Labute approximate surface area is 101 Å². The van der Waals surface area contributed by atoms with E-state index in [4.69, 9.17) is 9.84 Å². The zero-order chi connectivity index (χ0) is 12.8. The number of carboxylic acids is 1. The smallest absolute Gasteiger partial charge is 0.328 e. The highest BCUT2D eigenvalue weighted by molar-refractivity contribution is 5.79. The average Bonchev–Trinajstić information content (AvgIpc) is 2.25. The third kappa shape index (κ3) is 3.83. The van der Waals surface area contributed by atoms with Crippen LogP contribution in [0.3, 0.4) is 0 Å². The molecule has 0 aliphatic rings. The van der Waals surface area contributed by atoms with Crippen LogP contribution in [0.1, 0.15) is 11.1 Å². The largest absolute Gasteiger partial charge is 0.495 e. The van der Waals surface area contributed by atoms with E-state index in [0.29, 0.717) is 6.54 Å². The molecule has 0 amide bonds. The summed E-state index contributed by atoms with van der Waals surface area (Å²) in [5, 5.41) is 11.6. The molecule has 0 spiro atoms. The number of hydrogen-bond acceptors (Lipinski definition) is 3. The highest BCUT2D eigenvalue weighted by Crippen LogP contribution is 2.29. The van der Waals surface area contributed by atoms with Crippen LogP contribution >= 0.6 is 0 Å². The molecule has 4 heteroatoms. The van der Waals surface area contributed by atoms with Crippen molar-refractivity contribution in [3.05, 3.63) is 35.4 Å². The fraction of sp³-hybridized carbons (Fsp3) is 0.308. The first-order valence-corrected chi connectivity index (χ1v) is 5.33. The van der Waals surface area contributed by atoms with Gasteiger partial charge in [0.2, 0.25) is 0 Å². The lowest BCUT2D eigenvalue weighted by atomic mass is 10.1. The van der Waals surface area contributed by atoms with Crippen LogP contribution in [0.4, 0.5) is 5.69 Å². The molecule has 1 aromatic carbocycles. The van der Waals surface area contributed by atoms with Gasteiger partial charge in [0.05, 0.1) is 12.8 Å². The van der Waals surface area contributed by atoms with Gasteiger partial charge in [-0.25, -0.2) is 4.79 Å². The van der Waals surface area contributed by atoms with Gasteiger partial charge in [-0.1, -0.05) is 12.1 Å². The third-order valence-corrected chi connectivity index (χ3v) is 2.32. The molecule has 0 aliphatic heterocycles. The maximum atomic E-state index is 10.3. The quantitative estimate of drug-likeness (QED) is 0.769. The van der Waals surface area contributed by atoms with E-state index in [2.05, 4.69) is 5.32 Å². The monoisotopic (exact) mass is 235 g/mol. The van der Waals surface area contributed by atoms with Gasteiger partial charge in [0.15, 0.2) is 0 Å². The maximum absolute atomic E-state index is 10.3. The summed E-state index contributed by atoms with van der Waals surface area (Å²) in [5.74, 6) is -0.175. The van der Waals surface area contributed by atoms with E-state index in [9.17, 15) is 4.79 Å². The van der Waals surface area contributed by atoms with Gasteiger partial charge in [0.1, 0.15) is 5.75 Å². The number of nitrogens with one attached hydrogen (secondary N) is 1. The van der Waals surface area contributed by atoms with Crippen molar-refractivity contribution in [3.8, 4) is 5.75 Å². The number of benzene rings is 1. The lowest BCUT2D eigenvalue weighted by Gasteiger charge is -2.13. The van der Waals surface area contributed by atoms with Crippen LogP contribution < -0.4 is 10.1 Å². The Morgan fingerprint density at radius 3 is 2.76 bits per heavy atom. The van der Waals surface area contributed by atoms with Crippen molar-refractivity contribution >= 4 is 11.7 Å². The molecule has 0 unspecified atom stereocenters. The molecule has 0 aromatic heterocycles. The van der Waals surface area contributed by atoms with E-state index in [1.165, 1.54) is 0 Å². The van der Waals surface area contributed by atoms with Crippen molar-refractivity contribution in [1.82, 2.24) is 0 Å². The molecular formula is C13H17NO3. The minimum atomic E-state index is -0.945. The van der Waals surface area contributed by atoms with Crippen LogP contribution in [0.15, 0.2) is 24.3 Å². The number of anilines is 1. The van der Waals surface area contributed by atoms with Crippen LogP contribution in [0.25, 0.3) is 0 Å². The summed E-state index contributed by atoms with van der Waals surface area (Å²) in [5.41, 5.74) is 3.10. The molecule has 0 atom stereocenters. The van der Waals surface area contributed by atoms with Crippen LogP contribution in [0.5, 0.6) is 5.75 Å². The molecule has 1 aromatic rings. The molecule has 0 saturated heterocycles. The summed E-state index contributed by atoms with van der Waals surface area (Å²) in [7, 11) is 1.62. The fourth-order valence-corrected chi connectivity index (χ4v) is 1.64. The Morgan fingerprint density at radius 1 is 1.47 bits per heavy atom. The van der Waals surface area contributed by atoms with Gasteiger partial charge in [-0.3, -0.25) is 0 Å². The van der Waals surface area contributed by atoms with Gasteiger partial charge in [0, 0.05) is 12.6 Å². The van der Waals surface area contributed by atoms with Crippen molar-refractivity contribution < 1.29 is 14.6 Å². The molecule has 0 radical (unpaired) electrons. The minimum Gasteiger partial charge on any atom is -0.495 e. The molecular weight excluding hydrogens is 218 g/mol. The maximum Gasteiger partial charge on any atom is 0.328 e. The molecule has 92 valence electrons. The zero-order valence-electron chi connectivity index (χ0n) is 10.3. The topological polar surface area (TPSA) is 58.6 Å². The van der Waals surface area contributed by atoms with Gasteiger partial charge < -0.3 is 15.2 Å². The third-order valence-electron chi connectivity index (χ3n) is 2.32. The van der Waals surface area contributed by atoms with Crippen molar-refractivity contribution in [2.45, 2.75) is 13.8 Å². The summed E-state index contributed by atoms with van der Waals surface area (Å²) < 4.78 is 5.28. The predicted molar refractivity (Wildman–Crippen MR) is 67.7 cm³/mol. The van der Waals surface area contributed by atoms with Crippen molar-refractivity contribution in [3.63, 3.8) is 0 Å². The number of ether oxygens (including phenoxy) is 1. The summed E-state index contributed by atoms with van der Waals surface area (Å²) in [4.78, 5) is 10.3. The van der Waals surface area contributed by atoms with E-state index in [-0.39, 0.29) is 0 Å². The Bertz CT molecular complexity index is 439. The fourth-order valence-electron chi connectivity index (χ4n) is 1.64. The molecule has 4 nitrogen and oxygen atoms in total. The summed E-state index contributed by atoms with van der Waals surface area (Å²) in [6.45, 7) is 4.44. The first kappa shape index (κ1) is 13.1. The molecule has 0 heterocycles. The van der Waals surface area contributed by atoms with Gasteiger partial charge in [-0.05, 0) is 31.0 Å². The minimum absolute atomic E-state index is 0.451. The molecule has 2 N–H and O–H groups in total.